The lowest BCUT2D eigenvalue weighted by Gasteiger charge is -2.03. The summed E-state index contributed by atoms with van der Waals surface area (Å²) in [5.74, 6) is 0.0185. The molecule has 2 aromatic heterocycles. The zero-order chi connectivity index (χ0) is 17.4. The first kappa shape index (κ1) is 15.1. The molecule has 6 nitrogen and oxygen atoms in total. The van der Waals surface area contributed by atoms with Gasteiger partial charge in [0.05, 0.1) is 22.8 Å². The minimum Gasteiger partial charge on any atom is -0.338 e. The highest BCUT2D eigenvalue weighted by atomic mass is 19.1. The van der Waals surface area contributed by atoms with Crippen LogP contribution in [0, 0.1) is 5.82 Å². The van der Waals surface area contributed by atoms with Crippen molar-refractivity contribution in [3.8, 4) is 11.4 Å². The van der Waals surface area contributed by atoms with Crippen LogP contribution in [0.2, 0.25) is 0 Å². The third kappa shape index (κ3) is 2.99. The Hall–Kier alpha value is -3.48. The summed E-state index contributed by atoms with van der Waals surface area (Å²) >= 11 is 0. The van der Waals surface area contributed by atoms with Crippen LogP contribution in [0.25, 0.3) is 22.4 Å². The minimum atomic E-state index is -0.317. The molecule has 2 aromatic carbocycles. The number of rotatable bonds is 3. The van der Waals surface area contributed by atoms with Crippen LogP contribution >= 0.6 is 0 Å². The van der Waals surface area contributed by atoms with Crippen LogP contribution in [-0.2, 0) is 7.05 Å². The van der Waals surface area contributed by atoms with E-state index in [1.54, 1.807) is 48.3 Å². The van der Waals surface area contributed by atoms with E-state index >= 15 is 0 Å². The molecule has 124 valence electrons. The standard InChI is InChI=1S/C18H14FN5O/c1-24-10-12(9-20-24)18(25)21-14-5-6-15-16(8-14)23-17(22-15)11-3-2-4-13(19)7-11/h2-10H,1H3,(H,21,25)(H,22,23). The summed E-state index contributed by atoms with van der Waals surface area (Å²) in [6.45, 7) is 0. The van der Waals surface area contributed by atoms with E-state index in [0.29, 0.717) is 22.6 Å². The Morgan fingerprint density at radius 3 is 2.88 bits per heavy atom. The van der Waals surface area contributed by atoms with Gasteiger partial charge in [0, 0.05) is 24.5 Å². The topological polar surface area (TPSA) is 75.6 Å². The molecule has 0 spiro atoms. The van der Waals surface area contributed by atoms with E-state index < -0.39 is 0 Å². The van der Waals surface area contributed by atoms with Crippen molar-refractivity contribution in [3.63, 3.8) is 0 Å². The Kier molecular flexibility index (Phi) is 3.53. The lowest BCUT2D eigenvalue weighted by molar-refractivity contribution is 0.102. The summed E-state index contributed by atoms with van der Waals surface area (Å²) in [5, 5.41) is 6.80. The van der Waals surface area contributed by atoms with Crippen LogP contribution in [-0.4, -0.2) is 25.7 Å². The molecule has 2 heterocycles. The van der Waals surface area contributed by atoms with E-state index in [9.17, 15) is 9.18 Å². The number of amides is 1. The molecule has 0 radical (unpaired) electrons. The largest absolute Gasteiger partial charge is 0.338 e. The third-order valence-corrected chi connectivity index (χ3v) is 3.80. The second-order valence-electron chi connectivity index (χ2n) is 5.68. The van der Waals surface area contributed by atoms with Crippen molar-refractivity contribution in [1.82, 2.24) is 19.7 Å². The summed E-state index contributed by atoms with van der Waals surface area (Å²) in [7, 11) is 1.75. The van der Waals surface area contributed by atoms with Crippen LogP contribution < -0.4 is 5.32 Å². The number of nitrogens with zero attached hydrogens (tertiary/aromatic N) is 3. The monoisotopic (exact) mass is 335 g/mol. The first-order valence-electron chi connectivity index (χ1n) is 7.64. The summed E-state index contributed by atoms with van der Waals surface area (Å²) in [6.07, 6.45) is 3.15. The Balaban J connectivity index is 1.63. The Morgan fingerprint density at radius 1 is 1.24 bits per heavy atom. The number of halogens is 1. The molecular formula is C18H14FN5O. The molecule has 0 aliphatic heterocycles. The first-order chi connectivity index (χ1) is 12.1. The molecule has 0 atom stereocenters. The van der Waals surface area contributed by atoms with Gasteiger partial charge in [-0.05, 0) is 30.3 Å². The van der Waals surface area contributed by atoms with Gasteiger partial charge >= 0.3 is 0 Å². The summed E-state index contributed by atoms with van der Waals surface area (Å²) < 4.78 is 15.0. The number of anilines is 1. The summed E-state index contributed by atoms with van der Waals surface area (Å²) in [4.78, 5) is 19.8. The van der Waals surface area contributed by atoms with Gasteiger partial charge in [0.25, 0.3) is 5.91 Å². The van der Waals surface area contributed by atoms with Crippen molar-refractivity contribution in [2.75, 3.05) is 5.32 Å². The number of hydrogen-bond acceptors (Lipinski definition) is 3. The Morgan fingerprint density at radius 2 is 2.12 bits per heavy atom. The molecule has 0 bridgehead atoms. The SMILES string of the molecule is Cn1cc(C(=O)Nc2ccc3nc(-c4cccc(F)c4)[nH]c3c2)cn1. The number of hydrogen-bond donors (Lipinski definition) is 2. The molecule has 2 N–H and O–H groups in total. The maximum Gasteiger partial charge on any atom is 0.258 e. The van der Waals surface area contributed by atoms with Crippen molar-refractivity contribution in [2.45, 2.75) is 0 Å². The smallest absolute Gasteiger partial charge is 0.258 e. The van der Waals surface area contributed by atoms with Crippen LogP contribution in [0.4, 0.5) is 10.1 Å². The Bertz CT molecular complexity index is 1080. The van der Waals surface area contributed by atoms with E-state index in [1.165, 1.54) is 18.3 Å². The number of aromatic nitrogens is 4. The quantitative estimate of drug-likeness (QED) is 0.603. The number of carbonyl (C=O) groups is 1. The number of imidazole rings is 1. The normalized spacial score (nSPS) is 11.0. The second-order valence-corrected chi connectivity index (χ2v) is 5.68. The fourth-order valence-corrected chi connectivity index (χ4v) is 2.60. The van der Waals surface area contributed by atoms with E-state index in [0.717, 1.165) is 11.0 Å². The van der Waals surface area contributed by atoms with E-state index in [1.807, 2.05) is 0 Å². The average molecular weight is 335 g/mol. The molecular weight excluding hydrogens is 321 g/mol. The average Bonchev–Trinajstić information content (AvgIpc) is 3.20. The maximum absolute atomic E-state index is 13.4. The van der Waals surface area contributed by atoms with Crippen molar-refractivity contribution in [1.29, 1.82) is 0 Å². The van der Waals surface area contributed by atoms with Crippen LogP contribution in [0.1, 0.15) is 10.4 Å². The fourth-order valence-electron chi connectivity index (χ4n) is 2.60. The number of aromatic amines is 1. The summed E-state index contributed by atoms with van der Waals surface area (Å²) in [6, 6.07) is 11.6. The van der Waals surface area contributed by atoms with Gasteiger partial charge in [-0.25, -0.2) is 9.37 Å². The molecule has 1 amide bonds. The van der Waals surface area contributed by atoms with Gasteiger partial charge in [-0.1, -0.05) is 12.1 Å². The fraction of sp³-hybridized carbons (Fsp3) is 0.0556. The van der Waals surface area contributed by atoms with Crippen molar-refractivity contribution >= 4 is 22.6 Å². The highest BCUT2D eigenvalue weighted by Gasteiger charge is 2.10. The number of H-pyrrole nitrogens is 1. The van der Waals surface area contributed by atoms with Crippen LogP contribution in [0.5, 0.6) is 0 Å². The number of fused-ring (bicyclic) bond motifs is 1. The van der Waals surface area contributed by atoms with Gasteiger partial charge in [-0.2, -0.15) is 5.10 Å². The van der Waals surface area contributed by atoms with E-state index in [2.05, 4.69) is 20.4 Å². The van der Waals surface area contributed by atoms with Crippen LogP contribution in [0.3, 0.4) is 0 Å². The predicted molar refractivity (Wildman–Crippen MR) is 92.6 cm³/mol. The van der Waals surface area contributed by atoms with E-state index in [4.69, 9.17) is 0 Å². The Labute approximate surface area is 142 Å². The van der Waals surface area contributed by atoms with Gasteiger partial charge in [-0.15, -0.1) is 0 Å². The zero-order valence-corrected chi connectivity index (χ0v) is 13.3. The first-order valence-corrected chi connectivity index (χ1v) is 7.64. The number of carbonyl (C=O) groups excluding carboxylic acids is 1. The third-order valence-electron chi connectivity index (χ3n) is 3.80. The maximum atomic E-state index is 13.4. The van der Waals surface area contributed by atoms with Gasteiger partial charge in [-0.3, -0.25) is 9.48 Å². The predicted octanol–water partition coefficient (Wildman–Crippen LogP) is 3.35. The molecule has 0 unspecified atom stereocenters. The molecule has 4 rings (SSSR count). The zero-order valence-electron chi connectivity index (χ0n) is 13.3. The molecule has 0 aliphatic rings. The number of benzene rings is 2. The molecule has 0 saturated carbocycles. The molecule has 0 aliphatic carbocycles. The van der Waals surface area contributed by atoms with Gasteiger partial charge in [0.1, 0.15) is 11.6 Å². The van der Waals surface area contributed by atoms with Crippen molar-refractivity contribution < 1.29 is 9.18 Å². The van der Waals surface area contributed by atoms with E-state index in [-0.39, 0.29) is 11.7 Å². The van der Waals surface area contributed by atoms with Crippen molar-refractivity contribution in [2.24, 2.45) is 7.05 Å². The minimum absolute atomic E-state index is 0.239. The lowest BCUT2D eigenvalue weighted by atomic mass is 10.2. The highest BCUT2D eigenvalue weighted by Crippen LogP contribution is 2.23. The lowest BCUT2D eigenvalue weighted by Crippen LogP contribution is -2.10. The van der Waals surface area contributed by atoms with Crippen LogP contribution in [0.15, 0.2) is 54.9 Å². The second kappa shape index (κ2) is 5.86. The van der Waals surface area contributed by atoms with Gasteiger partial charge in [0.15, 0.2) is 0 Å². The summed E-state index contributed by atoms with van der Waals surface area (Å²) in [5.41, 5.74) is 3.27. The van der Waals surface area contributed by atoms with Gasteiger partial charge in [0.2, 0.25) is 0 Å². The number of nitrogens with one attached hydrogen (secondary N) is 2. The molecule has 25 heavy (non-hydrogen) atoms. The number of aryl methyl sites for hydroxylation is 1. The molecule has 0 fully saturated rings. The van der Waals surface area contributed by atoms with Crippen molar-refractivity contribution in [3.05, 3.63) is 66.2 Å². The highest BCUT2D eigenvalue weighted by molar-refractivity contribution is 6.04. The van der Waals surface area contributed by atoms with Gasteiger partial charge < -0.3 is 10.3 Å². The molecule has 0 saturated heterocycles. The molecule has 7 heteroatoms. The molecule has 4 aromatic rings.